The third-order valence-electron chi connectivity index (χ3n) is 2.59. The minimum atomic E-state index is 0.103. The molecule has 0 saturated carbocycles. The van der Waals surface area contributed by atoms with E-state index in [1.54, 1.807) is 0 Å². The second-order valence-corrected chi connectivity index (χ2v) is 5.47. The van der Waals surface area contributed by atoms with Crippen molar-refractivity contribution in [1.29, 1.82) is 5.41 Å². The van der Waals surface area contributed by atoms with E-state index >= 15 is 0 Å². The normalized spacial score (nSPS) is 10.6. The lowest BCUT2D eigenvalue weighted by molar-refractivity contribution is 1.01. The van der Waals surface area contributed by atoms with Crippen LogP contribution in [0.3, 0.4) is 0 Å². The van der Waals surface area contributed by atoms with Gasteiger partial charge in [0.25, 0.3) is 0 Å². The third-order valence-corrected chi connectivity index (χ3v) is 3.97. The van der Waals surface area contributed by atoms with E-state index in [4.69, 9.17) is 22.7 Å². The lowest BCUT2D eigenvalue weighted by Crippen LogP contribution is -2.11. The van der Waals surface area contributed by atoms with Gasteiger partial charge in [0.05, 0.1) is 15.6 Å². The summed E-state index contributed by atoms with van der Waals surface area (Å²) in [6.07, 6.45) is 1.55. The zero-order valence-corrected chi connectivity index (χ0v) is 11.6. The van der Waals surface area contributed by atoms with Crippen LogP contribution in [0.15, 0.2) is 24.3 Å². The molecule has 1 heterocycles. The predicted molar refractivity (Wildman–Crippen MR) is 76.8 cm³/mol. The zero-order chi connectivity index (χ0) is 13.1. The van der Waals surface area contributed by atoms with E-state index in [2.05, 4.69) is 4.98 Å². The fraction of sp³-hybridized carbons (Fsp3) is 0.231. The molecule has 0 radical (unpaired) electrons. The lowest BCUT2D eigenvalue weighted by atomic mass is 10.2. The van der Waals surface area contributed by atoms with Crippen LogP contribution >= 0.6 is 22.9 Å². The van der Waals surface area contributed by atoms with Crippen LogP contribution in [0.4, 0.5) is 0 Å². The van der Waals surface area contributed by atoms with Gasteiger partial charge in [-0.15, -0.1) is 11.3 Å². The monoisotopic (exact) mass is 279 g/mol. The van der Waals surface area contributed by atoms with Gasteiger partial charge >= 0.3 is 0 Å². The highest BCUT2D eigenvalue weighted by Crippen LogP contribution is 2.22. The van der Waals surface area contributed by atoms with Crippen molar-refractivity contribution in [3.63, 3.8) is 0 Å². The number of hydrogen-bond donors (Lipinski definition) is 2. The Morgan fingerprint density at radius 1 is 1.39 bits per heavy atom. The third kappa shape index (κ3) is 2.89. The molecule has 3 N–H and O–H groups in total. The second kappa shape index (κ2) is 5.50. The van der Waals surface area contributed by atoms with E-state index < -0.39 is 0 Å². The van der Waals surface area contributed by atoms with E-state index in [0.717, 1.165) is 39.0 Å². The lowest BCUT2D eigenvalue weighted by Gasteiger charge is -1.97. The van der Waals surface area contributed by atoms with Gasteiger partial charge in [-0.3, -0.25) is 5.41 Å². The van der Waals surface area contributed by atoms with Crippen molar-refractivity contribution in [2.75, 3.05) is 0 Å². The molecule has 0 saturated heterocycles. The first kappa shape index (κ1) is 13.1. The number of nitrogen functional groups attached to an aromatic ring is 1. The minimum absolute atomic E-state index is 0.103. The second-order valence-electron chi connectivity index (χ2n) is 3.95. The number of nitrogens with zero attached hydrogens (tertiary/aromatic N) is 1. The number of thiazole rings is 1. The number of amidine groups is 1. The van der Waals surface area contributed by atoms with Crippen LogP contribution in [0, 0.1) is 5.41 Å². The van der Waals surface area contributed by atoms with Crippen molar-refractivity contribution in [2.24, 2.45) is 5.73 Å². The van der Waals surface area contributed by atoms with Crippen LogP contribution < -0.4 is 5.73 Å². The Hall–Kier alpha value is -1.39. The Balaban J connectivity index is 2.24. The molecular formula is C13H14ClN3S. The Kier molecular flexibility index (Phi) is 3.99. The maximum absolute atomic E-state index is 7.53. The summed E-state index contributed by atoms with van der Waals surface area (Å²) in [7, 11) is 0. The molecule has 18 heavy (non-hydrogen) atoms. The standard InChI is InChI=1S/C13H14ClN3S/c1-2-10-12(13(15)16)18-11(17-10)7-8-3-5-9(14)6-4-8/h3-6H,2,7H2,1H3,(H3,15,16). The number of halogens is 1. The number of hydrogen-bond acceptors (Lipinski definition) is 3. The summed E-state index contributed by atoms with van der Waals surface area (Å²) >= 11 is 7.35. The maximum atomic E-state index is 7.53. The van der Waals surface area contributed by atoms with Gasteiger partial charge in [0.2, 0.25) is 0 Å². The molecule has 0 bridgehead atoms. The first-order chi connectivity index (χ1) is 8.60. The average molecular weight is 280 g/mol. The van der Waals surface area contributed by atoms with Crippen molar-refractivity contribution in [2.45, 2.75) is 19.8 Å². The van der Waals surface area contributed by atoms with Crippen LogP contribution in [-0.2, 0) is 12.8 Å². The van der Waals surface area contributed by atoms with E-state index in [9.17, 15) is 0 Å². The molecule has 0 aliphatic rings. The Morgan fingerprint density at radius 3 is 2.56 bits per heavy atom. The summed E-state index contributed by atoms with van der Waals surface area (Å²) < 4.78 is 0. The first-order valence-corrected chi connectivity index (χ1v) is 6.87. The zero-order valence-electron chi connectivity index (χ0n) is 10.0. The minimum Gasteiger partial charge on any atom is -0.383 e. The maximum Gasteiger partial charge on any atom is 0.135 e. The number of aromatic nitrogens is 1. The van der Waals surface area contributed by atoms with Gasteiger partial charge in [-0.05, 0) is 24.1 Å². The van der Waals surface area contributed by atoms with Gasteiger partial charge in [-0.1, -0.05) is 30.7 Å². The molecule has 0 atom stereocenters. The SMILES string of the molecule is CCc1nc(Cc2ccc(Cl)cc2)sc1C(=N)N. The summed E-state index contributed by atoms with van der Waals surface area (Å²) in [4.78, 5) is 5.33. The van der Waals surface area contributed by atoms with Crippen molar-refractivity contribution in [1.82, 2.24) is 4.98 Å². The van der Waals surface area contributed by atoms with Gasteiger partial charge in [0.1, 0.15) is 5.84 Å². The summed E-state index contributed by atoms with van der Waals surface area (Å²) in [5, 5.41) is 9.25. The van der Waals surface area contributed by atoms with Crippen LogP contribution in [0.5, 0.6) is 0 Å². The molecule has 0 aliphatic carbocycles. The Labute approximate surface area is 115 Å². The summed E-state index contributed by atoms with van der Waals surface area (Å²) in [6, 6.07) is 7.72. The highest BCUT2D eigenvalue weighted by Gasteiger charge is 2.12. The van der Waals surface area contributed by atoms with E-state index in [1.807, 2.05) is 31.2 Å². The van der Waals surface area contributed by atoms with E-state index in [1.165, 1.54) is 11.3 Å². The predicted octanol–water partition coefficient (Wildman–Crippen LogP) is 3.23. The number of nitrogens with two attached hydrogens (primary N) is 1. The topological polar surface area (TPSA) is 62.8 Å². The van der Waals surface area contributed by atoms with Crippen molar-refractivity contribution >= 4 is 28.8 Å². The Bertz CT molecular complexity index is 560. The van der Waals surface area contributed by atoms with Crippen LogP contribution in [-0.4, -0.2) is 10.8 Å². The van der Waals surface area contributed by atoms with Gasteiger partial charge < -0.3 is 5.73 Å². The fourth-order valence-corrected chi connectivity index (χ4v) is 2.88. The molecule has 2 aromatic rings. The highest BCUT2D eigenvalue weighted by atomic mass is 35.5. The smallest absolute Gasteiger partial charge is 0.135 e. The van der Waals surface area contributed by atoms with Crippen LogP contribution in [0.25, 0.3) is 0 Å². The average Bonchev–Trinajstić information content (AvgIpc) is 2.75. The van der Waals surface area contributed by atoms with E-state index in [-0.39, 0.29) is 5.84 Å². The van der Waals surface area contributed by atoms with Crippen LogP contribution in [0.2, 0.25) is 5.02 Å². The molecule has 0 spiro atoms. The summed E-state index contributed by atoms with van der Waals surface area (Å²) in [5.41, 5.74) is 7.62. The van der Waals surface area contributed by atoms with Gasteiger partial charge in [-0.2, -0.15) is 0 Å². The number of nitrogens with one attached hydrogen (secondary N) is 1. The quantitative estimate of drug-likeness (QED) is 0.667. The van der Waals surface area contributed by atoms with Crippen molar-refractivity contribution in [3.8, 4) is 0 Å². The molecule has 0 unspecified atom stereocenters. The molecule has 2 rings (SSSR count). The fourth-order valence-electron chi connectivity index (χ4n) is 1.70. The summed E-state index contributed by atoms with van der Waals surface area (Å²) in [5.74, 6) is 0.103. The van der Waals surface area contributed by atoms with Crippen molar-refractivity contribution < 1.29 is 0 Å². The molecule has 0 amide bonds. The molecule has 1 aromatic heterocycles. The summed E-state index contributed by atoms with van der Waals surface area (Å²) in [6.45, 7) is 2.02. The molecule has 1 aromatic carbocycles. The van der Waals surface area contributed by atoms with Gasteiger partial charge in [-0.25, -0.2) is 4.98 Å². The molecular weight excluding hydrogens is 266 g/mol. The molecule has 94 valence electrons. The van der Waals surface area contributed by atoms with Gasteiger partial charge in [0, 0.05) is 11.4 Å². The van der Waals surface area contributed by atoms with Gasteiger partial charge in [0.15, 0.2) is 0 Å². The molecule has 0 fully saturated rings. The molecule has 5 heteroatoms. The van der Waals surface area contributed by atoms with Crippen LogP contribution in [0.1, 0.15) is 28.1 Å². The Morgan fingerprint density at radius 2 is 2.06 bits per heavy atom. The molecule has 3 nitrogen and oxygen atoms in total. The largest absolute Gasteiger partial charge is 0.383 e. The van der Waals surface area contributed by atoms with E-state index in [0.29, 0.717) is 0 Å². The number of aryl methyl sites for hydroxylation is 1. The van der Waals surface area contributed by atoms with Crippen molar-refractivity contribution in [3.05, 3.63) is 50.4 Å². The number of rotatable bonds is 4. The molecule has 0 aliphatic heterocycles. The highest BCUT2D eigenvalue weighted by molar-refractivity contribution is 7.13. The first-order valence-electron chi connectivity index (χ1n) is 5.67. The number of benzene rings is 1.